The van der Waals surface area contributed by atoms with Crippen molar-refractivity contribution in [2.24, 2.45) is 5.92 Å². The molecule has 1 amide bonds. The molecule has 3 rings (SSSR count). The summed E-state index contributed by atoms with van der Waals surface area (Å²) in [5.74, 6) is -0.00738. The molecule has 1 aliphatic rings. The number of aliphatic carboxylic acids is 1. The maximum absolute atomic E-state index is 12.8. The lowest BCUT2D eigenvalue weighted by Gasteiger charge is -2.16. The molecule has 0 radical (unpaired) electrons. The van der Waals surface area contributed by atoms with E-state index in [0.717, 1.165) is 0 Å². The zero-order valence-corrected chi connectivity index (χ0v) is 19.4. The number of amides is 1. The Morgan fingerprint density at radius 2 is 1.82 bits per heavy atom. The number of ketones is 1. The van der Waals surface area contributed by atoms with Crippen LogP contribution in [0, 0.1) is 5.92 Å². The number of carboxylic acids is 1. The van der Waals surface area contributed by atoms with E-state index in [0.29, 0.717) is 40.5 Å². The number of benzene rings is 2. The molecule has 0 saturated carbocycles. The fourth-order valence-corrected chi connectivity index (χ4v) is 3.43. The molecule has 2 aromatic rings. The summed E-state index contributed by atoms with van der Waals surface area (Å²) in [6.45, 7) is 3.37. The minimum atomic E-state index is -1.10. The first-order chi connectivity index (χ1) is 16.2. The van der Waals surface area contributed by atoms with Crippen molar-refractivity contribution in [2.75, 3.05) is 20.8 Å². The van der Waals surface area contributed by atoms with Gasteiger partial charge in [-0.25, -0.2) is 4.79 Å². The number of fused-ring (bicyclic) bond motifs is 1. The van der Waals surface area contributed by atoms with Crippen LogP contribution in [-0.4, -0.2) is 49.6 Å². The van der Waals surface area contributed by atoms with E-state index in [2.05, 4.69) is 5.32 Å². The molecule has 0 saturated heterocycles. The Hall–Kier alpha value is -4.01. The van der Waals surface area contributed by atoms with Crippen molar-refractivity contribution >= 4 is 23.7 Å². The molecule has 1 atom stereocenters. The van der Waals surface area contributed by atoms with Crippen molar-refractivity contribution in [1.82, 2.24) is 5.32 Å². The number of carboxylic acid groups (broad SMARTS) is 1. The predicted molar refractivity (Wildman–Crippen MR) is 123 cm³/mol. The number of hydrogen-bond acceptors (Lipinski definition) is 7. The van der Waals surface area contributed by atoms with Gasteiger partial charge in [-0.05, 0) is 48.7 Å². The molecule has 1 aliphatic heterocycles. The minimum absolute atomic E-state index is 0.105. The Balaban J connectivity index is 1.69. The van der Waals surface area contributed by atoms with Crippen LogP contribution in [0.25, 0.3) is 6.08 Å². The lowest BCUT2D eigenvalue weighted by atomic mass is 10.0. The largest absolute Gasteiger partial charge is 0.497 e. The summed E-state index contributed by atoms with van der Waals surface area (Å²) < 4.78 is 21.8. The third kappa shape index (κ3) is 5.86. The molecule has 9 nitrogen and oxygen atoms in total. The zero-order chi connectivity index (χ0) is 24.8. The topological polar surface area (TPSA) is 120 Å². The summed E-state index contributed by atoms with van der Waals surface area (Å²) in [4.78, 5) is 36.2. The van der Waals surface area contributed by atoms with Gasteiger partial charge in [-0.15, -0.1) is 0 Å². The molecule has 180 valence electrons. The summed E-state index contributed by atoms with van der Waals surface area (Å²) in [5, 5.41) is 11.7. The smallest absolute Gasteiger partial charge is 0.326 e. The SMILES string of the molecule is COc1ccc(OC)c(/C=C2/Oc3cc(OCC(=O)N[C@@H](CC(C)C)C(=O)O)ccc3C2=O)c1. The highest BCUT2D eigenvalue weighted by Crippen LogP contribution is 2.36. The van der Waals surface area contributed by atoms with E-state index in [1.54, 1.807) is 43.5 Å². The van der Waals surface area contributed by atoms with Crippen LogP contribution in [0.1, 0.15) is 36.2 Å². The number of hydrogen-bond donors (Lipinski definition) is 2. The summed E-state index contributed by atoms with van der Waals surface area (Å²) >= 11 is 0. The van der Waals surface area contributed by atoms with Crippen molar-refractivity contribution in [3.8, 4) is 23.0 Å². The quantitative estimate of drug-likeness (QED) is 0.509. The number of nitrogens with one attached hydrogen (secondary N) is 1. The molecule has 0 aromatic heterocycles. The van der Waals surface area contributed by atoms with E-state index in [1.165, 1.54) is 13.2 Å². The van der Waals surface area contributed by atoms with Gasteiger partial charge in [-0.3, -0.25) is 9.59 Å². The van der Waals surface area contributed by atoms with Crippen LogP contribution in [0.3, 0.4) is 0 Å². The van der Waals surface area contributed by atoms with Crippen LogP contribution in [0.5, 0.6) is 23.0 Å². The predicted octanol–water partition coefficient (Wildman–Crippen LogP) is 3.31. The molecule has 34 heavy (non-hydrogen) atoms. The number of methoxy groups -OCH3 is 2. The third-order valence-corrected chi connectivity index (χ3v) is 5.08. The number of carbonyl (C=O) groups excluding carboxylic acids is 2. The Kier molecular flexibility index (Phi) is 7.78. The maximum Gasteiger partial charge on any atom is 0.326 e. The van der Waals surface area contributed by atoms with Crippen LogP contribution in [-0.2, 0) is 9.59 Å². The second-order valence-corrected chi connectivity index (χ2v) is 8.08. The fourth-order valence-electron chi connectivity index (χ4n) is 3.43. The summed E-state index contributed by atoms with van der Waals surface area (Å²) in [6, 6.07) is 8.81. The number of rotatable bonds is 10. The van der Waals surface area contributed by atoms with Gasteiger partial charge in [-0.1, -0.05) is 13.8 Å². The standard InChI is InChI=1S/C25H27NO8/c1-14(2)9-19(25(29)30)26-23(27)13-33-17-5-7-18-21(12-17)34-22(24(18)28)11-15-10-16(31-3)6-8-20(15)32-4/h5-8,10-12,14,19H,9,13H2,1-4H3,(H,26,27)(H,29,30)/b22-11+/t19-/m0/s1. The average molecular weight is 469 g/mol. The van der Waals surface area contributed by atoms with Crippen molar-refractivity contribution in [2.45, 2.75) is 26.3 Å². The third-order valence-electron chi connectivity index (χ3n) is 5.08. The van der Waals surface area contributed by atoms with Crippen LogP contribution < -0.4 is 24.3 Å². The van der Waals surface area contributed by atoms with Gasteiger partial charge < -0.3 is 29.4 Å². The first-order valence-corrected chi connectivity index (χ1v) is 10.7. The molecular formula is C25H27NO8. The molecule has 0 spiro atoms. The van der Waals surface area contributed by atoms with Gasteiger partial charge in [-0.2, -0.15) is 0 Å². The van der Waals surface area contributed by atoms with E-state index >= 15 is 0 Å². The summed E-state index contributed by atoms with van der Waals surface area (Å²) in [5.41, 5.74) is 0.966. The van der Waals surface area contributed by atoms with E-state index in [9.17, 15) is 19.5 Å². The zero-order valence-electron chi connectivity index (χ0n) is 19.4. The highest BCUT2D eigenvalue weighted by molar-refractivity contribution is 6.14. The summed E-state index contributed by atoms with van der Waals surface area (Å²) in [6.07, 6.45) is 1.88. The van der Waals surface area contributed by atoms with Gasteiger partial charge in [0.05, 0.1) is 19.8 Å². The molecule has 0 fully saturated rings. The van der Waals surface area contributed by atoms with Gasteiger partial charge in [0, 0.05) is 11.6 Å². The Morgan fingerprint density at radius 1 is 1.09 bits per heavy atom. The van der Waals surface area contributed by atoms with Crippen molar-refractivity contribution in [3.05, 3.63) is 53.3 Å². The number of Topliss-reactive ketones (excluding diaryl/α,β-unsaturated/α-hetero) is 1. The van der Waals surface area contributed by atoms with E-state index in [4.69, 9.17) is 18.9 Å². The van der Waals surface area contributed by atoms with Crippen LogP contribution in [0.15, 0.2) is 42.2 Å². The monoisotopic (exact) mass is 469 g/mol. The molecule has 2 N–H and O–H groups in total. The first kappa shape index (κ1) is 24.6. The highest BCUT2D eigenvalue weighted by atomic mass is 16.5. The number of carbonyl (C=O) groups is 3. The molecular weight excluding hydrogens is 442 g/mol. The van der Waals surface area contributed by atoms with Gasteiger partial charge in [0.1, 0.15) is 29.0 Å². The van der Waals surface area contributed by atoms with Gasteiger partial charge in [0.15, 0.2) is 12.4 Å². The molecule has 0 bridgehead atoms. The second kappa shape index (κ2) is 10.7. The highest BCUT2D eigenvalue weighted by Gasteiger charge is 2.28. The normalized spacial score (nSPS) is 14.4. The molecule has 2 aromatic carbocycles. The van der Waals surface area contributed by atoms with Gasteiger partial charge in [0.25, 0.3) is 5.91 Å². The van der Waals surface area contributed by atoms with Gasteiger partial charge >= 0.3 is 5.97 Å². The molecule has 1 heterocycles. The fraction of sp³-hybridized carbons (Fsp3) is 0.320. The van der Waals surface area contributed by atoms with Crippen LogP contribution in [0.2, 0.25) is 0 Å². The maximum atomic E-state index is 12.8. The van der Waals surface area contributed by atoms with E-state index in [-0.39, 0.29) is 24.1 Å². The van der Waals surface area contributed by atoms with Crippen molar-refractivity contribution in [1.29, 1.82) is 0 Å². The molecule has 0 unspecified atom stereocenters. The molecule has 0 aliphatic carbocycles. The van der Waals surface area contributed by atoms with Crippen molar-refractivity contribution < 1.29 is 38.4 Å². The lowest BCUT2D eigenvalue weighted by Crippen LogP contribution is -2.43. The number of allylic oxidation sites excluding steroid dienone is 1. The van der Waals surface area contributed by atoms with Crippen LogP contribution in [0.4, 0.5) is 0 Å². The lowest BCUT2D eigenvalue weighted by molar-refractivity contribution is -0.142. The Bertz CT molecular complexity index is 1120. The Morgan fingerprint density at radius 3 is 2.47 bits per heavy atom. The van der Waals surface area contributed by atoms with Crippen molar-refractivity contribution in [3.63, 3.8) is 0 Å². The average Bonchev–Trinajstić information content (AvgIpc) is 3.11. The summed E-state index contributed by atoms with van der Waals surface area (Å²) in [7, 11) is 3.07. The minimum Gasteiger partial charge on any atom is -0.497 e. The van der Waals surface area contributed by atoms with Gasteiger partial charge in [0.2, 0.25) is 5.78 Å². The second-order valence-electron chi connectivity index (χ2n) is 8.08. The van der Waals surface area contributed by atoms with E-state index < -0.39 is 17.9 Å². The molecule has 9 heteroatoms. The first-order valence-electron chi connectivity index (χ1n) is 10.7. The van der Waals surface area contributed by atoms with Crippen LogP contribution >= 0.6 is 0 Å². The number of ether oxygens (including phenoxy) is 4. The Labute approximate surface area is 197 Å². The van der Waals surface area contributed by atoms with E-state index in [1.807, 2.05) is 13.8 Å².